The lowest BCUT2D eigenvalue weighted by atomic mass is 10.0. The number of nitrogens with one attached hydrogen (secondary N) is 4. The van der Waals surface area contributed by atoms with Crippen LogP contribution in [0.25, 0.3) is 0 Å². The summed E-state index contributed by atoms with van der Waals surface area (Å²) in [6.45, 7) is 1.66. The number of benzene rings is 3. The predicted molar refractivity (Wildman–Crippen MR) is 208 cm³/mol. The fourth-order valence-electron chi connectivity index (χ4n) is 7.34. The minimum Gasteiger partial charge on any atom is -0.382 e. The second-order valence-corrected chi connectivity index (χ2v) is 14.3. The lowest BCUT2D eigenvalue weighted by Gasteiger charge is -2.27. The Hall–Kier alpha value is -5.72. The first-order valence-electron chi connectivity index (χ1n) is 18.7. The highest BCUT2D eigenvalue weighted by atomic mass is 35.5. The third-order valence-corrected chi connectivity index (χ3v) is 10.2. The van der Waals surface area contributed by atoms with Crippen molar-refractivity contribution in [2.75, 3.05) is 74.7 Å². The summed E-state index contributed by atoms with van der Waals surface area (Å²) in [5.41, 5.74) is 2.31. The molecule has 0 saturated carbocycles. The maximum Gasteiger partial charge on any atom is 0.317 e. The quantitative estimate of drug-likeness (QED) is 0.135. The molecule has 7 rings (SSSR count). The normalized spacial score (nSPS) is 19.5. The van der Waals surface area contributed by atoms with E-state index in [2.05, 4.69) is 21.3 Å². The number of carbonyl (C=O) groups excluding carboxylic acids is 5. The van der Waals surface area contributed by atoms with E-state index in [1.807, 2.05) is 0 Å². The number of halogens is 4. The fourth-order valence-corrected chi connectivity index (χ4v) is 7.51. The Balaban J connectivity index is 0.830. The van der Waals surface area contributed by atoms with Crippen molar-refractivity contribution in [3.05, 3.63) is 82.1 Å². The van der Waals surface area contributed by atoms with Gasteiger partial charge in [-0.05, 0) is 61.4 Å². The molecule has 19 heteroatoms. The van der Waals surface area contributed by atoms with Gasteiger partial charge in [0.05, 0.1) is 67.2 Å². The first kappa shape index (κ1) is 40.5. The molecule has 4 N–H and O–H groups in total. The monoisotopic (exact) mass is 824 g/mol. The number of likely N-dealkylation sites (tertiary alicyclic amines) is 1. The highest BCUT2D eigenvalue weighted by Crippen LogP contribution is 2.40. The van der Waals surface area contributed by atoms with Gasteiger partial charge in [0.15, 0.2) is 0 Å². The van der Waals surface area contributed by atoms with Crippen LogP contribution in [-0.4, -0.2) is 123 Å². The molecule has 0 radical (unpaired) electrons. The van der Waals surface area contributed by atoms with E-state index < -0.39 is 48.5 Å². The zero-order valence-corrected chi connectivity index (χ0v) is 31.8. The van der Waals surface area contributed by atoms with E-state index in [9.17, 15) is 37.1 Å². The molecule has 0 bridgehead atoms. The number of amidine groups is 1. The van der Waals surface area contributed by atoms with Crippen LogP contribution in [0.3, 0.4) is 0 Å². The molecule has 2 saturated heterocycles. The molecular formula is C39H40ClF3N8O7. The van der Waals surface area contributed by atoms with Crippen molar-refractivity contribution in [2.45, 2.75) is 37.8 Å². The Labute approximate surface area is 335 Å². The molecule has 306 valence electrons. The van der Waals surface area contributed by atoms with Crippen LogP contribution < -0.4 is 26.2 Å². The Morgan fingerprint density at radius 3 is 2.47 bits per heavy atom. The number of ether oxygens (including phenoxy) is 2. The number of rotatable bonds is 14. The molecule has 4 aliphatic heterocycles. The van der Waals surface area contributed by atoms with Gasteiger partial charge in [-0.25, -0.2) is 18.0 Å². The van der Waals surface area contributed by atoms with E-state index in [4.69, 9.17) is 26.1 Å². The van der Waals surface area contributed by atoms with Crippen LogP contribution in [0.5, 0.6) is 0 Å². The zero-order chi connectivity index (χ0) is 40.9. The van der Waals surface area contributed by atoms with Crippen LogP contribution >= 0.6 is 11.6 Å². The summed E-state index contributed by atoms with van der Waals surface area (Å²) < 4.78 is 53.0. The standard InChI is InChI=1S/C39H40ClF3N8O7/c40-22-4-6-29-26(18-22)35(47-28-19-23(41)5-7-30(28)50(29)21-32(42)43)46-24-10-13-49(20-24)39(56)45-12-15-58-17-16-57-14-11-44-27-3-1-2-25-34(27)38(55)51(37(25)54)31-8-9-33(52)48-36(31)53/h1-7,18-19,24,31-32,44H,8-17,20-21H2,(H,45,56)(H,46,47)(H,48,52,53)/t24-,31?/m1/s1. The molecule has 1 unspecified atom stereocenters. The summed E-state index contributed by atoms with van der Waals surface area (Å²) in [5.74, 6) is -2.52. The van der Waals surface area contributed by atoms with E-state index in [1.54, 1.807) is 35.2 Å². The number of nitrogens with zero attached hydrogens (tertiary/aromatic N) is 4. The van der Waals surface area contributed by atoms with Crippen LogP contribution in [0.4, 0.5) is 40.7 Å². The minimum absolute atomic E-state index is 0.0342. The largest absolute Gasteiger partial charge is 0.382 e. The minimum atomic E-state index is -2.68. The maximum atomic E-state index is 14.3. The second-order valence-electron chi connectivity index (χ2n) is 13.9. The van der Waals surface area contributed by atoms with Crippen molar-refractivity contribution < 1.29 is 46.6 Å². The average molecular weight is 825 g/mol. The molecule has 58 heavy (non-hydrogen) atoms. The van der Waals surface area contributed by atoms with E-state index in [0.717, 1.165) is 4.90 Å². The third kappa shape index (κ3) is 8.88. The number of hydrogen-bond acceptors (Lipinski definition) is 10. The molecule has 0 aliphatic carbocycles. The summed E-state index contributed by atoms with van der Waals surface area (Å²) in [5, 5.41) is 11.6. The van der Waals surface area contributed by atoms with Gasteiger partial charge in [-0.2, -0.15) is 0 Å². The van der Waals surface area contributed by atoms with E-state index in [1.165, 1.54) is 29.2 Å². The molecule has 3 aromatic carbocycles. The van der Waals surface area contributed by atoms with E-state index >= 15 is 0 Å². The number of fused-ring (bicyclic) bond motifs is 3. The average Bonchev–Trinajstić information content (AvgIpc) is 3.73. The van der Waals surface area contributed by atoms with E-state index in [0.29, 0.717) is 59.5 Å². The number of hydrogen-bond donors (Lipinski definition) is 4. The number of alkyl halides is 2. The lowest BCUT2D eigenvalue weighted by Crippen LogP contribution is -2.54. The van der Waals surface area contributed by atoms with Crippen molar-refractivity contribution in [1.82, 2.24) is 20.4 Å². The summed E-state index contributed by atoms with van der Waals surface area (Å²) >= 11 is 6.32. The number of carbonyl (C=O) groups is 5. The summed E-state index contributed by atoms with van der Waals surface area (Å²) in [6, 6.07) is 11.9. The van der Waals surface area contributed by atoms with Crippen molar-refractivity contribution in [3.8, 4) is 0 Å². The van der Waals surface area contributed by atoms with Crippen LogP contribution in [0.2, 0.25) is 5.02 Å². The molecule has 4 heterocycles. The first-order chi connectivity index (χ1) is 28.0. The summed E-state index contributed by atoms with van der Waals surface area (Å²) in [4.78, 5) is 71.9. The van der Waals surface area contributed by atoms with Crippen molar-refractivity contribution in [2.24, 2.45) is 4.99 Å². The van der Waals surface area contributed by atoms with Gasteiger partial charge in [0.25, 0.3) is 18.2 Å². The molecule has 0 aromatic heterocycles. The molecular weight excluding hydrogens is 785 g/mol. The van der Waals surface area contributed by atoms with Gasteiger partial charge < -0.3 is 35.2 Å². The van der Waals surface area contributed by atoms with Crippen molar-refractivity contribution in [3.63, 3.8) is 0 Å². The van der Waals surface area contributed by atoms with Gasteiger partial charge in [0.2, 0.25) is 11.8 Å². The number of piperidine rings is 1. The summed E-state index contributed by atoms with van der Waals surface area (Å²) in [6.07, 6.45) is -2.03. The first-order valence-corrected chi connectivity index (χ1v) is 19.1. The third-order valence-electron chi connectivity index (χ3n) is 10.0. The van der Waals surface area contributed by atoms with Crippen molar-refractivity contribution >= 4 is 69.8 Å². The van der Waals surface area contributed by atoms with Gasteiger partial charge in [0.1, 0.15) is 17.7 Å². The zero-order valence-electron chi connectivity index (χ0n) is 31.1. The van der Waals surface area contributed by atoms with Crippen molar-refractivity contribution in [1.29, 1.82) is 0 Å². The summed E-state index contributed by atoms with van der Waals surface area (Å²) in [7, 11) is 0. The number of urea groups is 1. The highest BCUT2D eigenvalue weighted by molar-refractivity contribution is 6.31. The van der Waals surface area contributed by atoms with Crippen LogP contribution in [0.15, 0.2) is 59.6 Å². The Kier molecular flexibility index (Phi) is 12.4. The molecule has 4 aliphatic rings. The molecule has 0 spiro atoms. The predicted octanol–water partition coefficient (Wildman–Crippen LogP) is 4.38. The van der Waals surface area contributed by atoms with Crippen LogP contribution in [-0.2, 0) is 19.1 Å². The number of aliphatic imine (C=N–C) groups is 1. The molecule has 3 aromatic rings. The second kappa shape index (κ2) is 17.8. The fraction of sp³-hybridized carbons (Fsp3) is 0.385. The Morgan fingerprint density at radius 2 is 1.69 bits per heavy atom. The molecule has 6 amide bonds. The Bertz CT molecular complexity index is 2140. The number of amides is 6. The Morgan fingerprint density at radius 1 is 0.914 bits per heavy atom. The van der Waals surface area contributed by atoms with Gasteiger partial charge >= 0.3 is 6.03 Å². The van der Waals surface area contributed by atoms with Crippen LogP contribution in [0.1, 0.15) is 45.5 Å². The van der Waals surface area contributed by atoms with Gasteiger partial charge in [-0.3, -0.25) is 34.4 Å². The SMILES string of the molecule is O=C1CCC(N2C(=O)c3cccc(NCCOCCOCCNC(=O)N4CC[C@@H](N=C5Nc6cc(F)ccc6N(CC(F)F)c6ccc(Cl)cc65)C4)c3C2=O)C(=O)N1. The molecule has 15 nitrogen and oxygen atoms in total. The topological polar surface area (TPSA) is 174 Å². The van der Waals surface area contributed by atoms with E-state index in [-0.39, 0.29) is 74.7 Å². The van der Waals surface area contributed by atoms with Crippen LogP contribution in [0, 0.1) is 5.82 Å². The number of imide groups is 2. The molecule has 2 atom stereocenters. The smallest absolute Gasteiger partial charge is 0.317 e. The van der Waals surface area contributed by atoms with Gasteiger partial charge in [-0.1, -0.05) is 17.7 Å². The molecule has 2 fully saturated rings. The highest BCUT2D eigenvalue weighted by Gasteiger charge is 2.45. The van der Waals surface area contributed by atoms with Gasteiger partial charge in [-0.15, -0.1) is 0 Å². The maximum absolute atomic E-state index is 14.3. The lowest BCUT2D eigenvalue weighted by molar-refractivity contribution is -0.136. The number of anilines is 4. The van der Waals surface area contributed by atoms with Gasteiger partial charge in [0, 0.05) is 48.9 Å².